The van der Waals surface area contributed by atoms with E-state index in [4.69, 9.17) is 9.47 Å². The predicted molar refractivity (Wildman–Crippen MR) is 44.3 cm³/mol. The molecule has 0 aromatic rings. The van der Waals surface area contributed by atoms with E-state index in [-0.39, 0.29) is 18.2 Å². The number of carbonyl (C=O) groups is 1. The van der Waals surface area contributed by atoms with Crippen LogP contribution in [0.15, 0.2) is 0 Å². The van der Waals surface area contributed by atoms with E-state index in [1.165, 1.54) is 0 Å². The molecule has 0 spiro atoms. The number of fused-ring (bicyclic) bond motifs is 3. The number of ether oxygens (including phenoxy) is 2. The Labute approximate surface area is 76.8 Å². The Bertz CT molecular complexity index is 255. The van der Waals surface area contributed by atoms with E-state index in [0.717, 1.165) is 12.8 Å². The fraction of sp³-hybridized carbons (Fsp3) is 0.889. The number of epoxide rings is 1. The van der Waals surface area contributed by atoms with Gasteiger partial charge in [0.15, 0.2) is 0 Å². The molecular weight excluding hydrogens is 170 g/mol. The largest absolute Gasteiger partial charge is 0.447 e. The lowest BCUT2D eigenvalue weighted by Gasteiger charge is -2.31. The van der Waals surface area contributed by atoms with Gasteiger partial charge >= 0.3 is 6.09 Å². The molecule has 3 rings (SSSR count). The van der Waals surface area contributed by atoms with E-state index in [1.807, 2.05) is 4.90 Å². The first-order chi connectivity index (χ1) is 6.31. The zero-order valence-corrected chi connectivity index (χ0v) is 7.60. The lowest BCUT2D eigenvalue weighted by molar-refractivity contribution is 0.134. The smallest absolute Gasteiger partial charge is 0.410 e. The van der Waals surface area contributed by atoms with Gasteiger partial charge in [-0.25, -0.2) is 4.79 Å². The first-order valence-electron chi connectivity index (χ1n) is 4.92. The molecule has 3 heterocycles. The first-order valence-corrected chi connectivity index (χ1v) is 4.92. The van der Waals surface area contributed by atoms with Gasteiger partial charge in [-0.2, -0.15) is 0 Å². The molecule has 4 heteroatoms. The number of piperidine rings is 1. The molecule has 0 N–H and O–H groups in total. The van der Waals surface area contributed by atoms with Gasteiger partial charge in [0.2, 0.25) is 0 Å². The molecule has 0 saturated carbocycles. The van der Waals surface area contributed by atoms with E-state index in [0.29, 0.717) is 18.8 Å². The van der Waals surface area contributed by atoms with Crippen LogP contribution >= 0.6 is 0 Å². The van der Waals surface area contributed by atoms with Crippen LogP contribution in [-0.2, 0) is 9.47 Å². The summed E-state index contributed by atoms with van der Waals surface area (Å²) in [6, 6.07) is 0.542. The van der Waals surface area contributed by atoms with E-state index in [2.05, 4.69) is 6.92 Å². The topological polar surface area (TPSA) is 42.1 Å². The third kappa shape index (κ3) is 0.921. The van der Waals surface area contributed by atoms with Crippen molar-refractivity contribution in [1.29, 1.82) is 0 Å². The highest BCUT2D eigenvalue weighted by molar-refractivity contribution is 5.71. The maximum absolute atomic E-state index is 11.4. The second kappa shape index (κ2) is 2.38. The molecular formula is C9H13NO3. The molecule has 3 aliphatic heterocycles. The number of nitrogens with zero attached hydrogens (tertiary/aromatic N) is 1. The van der Waals surface area contributed by atoms with Crippen LogP contribution in [0.25, 0.3) is 0 Å². The third-order valence-electron chi connectivity index (χ3n) is 3.32. The van der Waals surface area contributed by atoms with Crippen molar-refractivity contribution in [2.75, 3.05) is 6.61 Å². The van der Waals surface area contributed by atoms with E-state index in [1.54, 1.807) is 0 Å². The Balaban J connectivity index is 1.87. The Hall–Kier alpha value is -0.770. The molecule has 0 unspecified atom stereocenters. The summed E-state index contributed by atoms with van der Waals surface area (Å²) in [6.07, 6.45) is 2.52. The number of hydrogen-bond acceptors (Lipinski definition) is 3. The molecule has 72 valence electrons. The van der Waals surface area contributed by atoms with Crippen LogP contribution in [0.3, 0.4) is 0 Å². The van der Waals surface area contributed by atoms with Gasteiger partial charge in [-0.15, -0.1) is 0 Å². The fourth-order valence-electron chi connectivity index (χ4n) is 2.55. The zero-order valence-electron chi connectivity index (χ0n) is 7.60. The third-order valence-corrected chi connectivity index (χ3v) is 3.32. The lowest BCUT2D eigenvalue weighted by atomic mass is 9.96. The maximum atomic E-state index is 11.4. The van der Waals surface area contributed by atoms with Gasteiger partial charge in [0, 0.05) is 6.04 Å². The summed E-state index contributed by atoms with van der Waals surface area (Å²) in [4.78, 5) is 13.3. The van der Waals surface area contributed by atoms with Crippen molar-refractivity contribution in [2.24, 2.45) is 0 Å². The van der Waals surface area contributed by atoms with Gasteiger partial charge < -0.3 is 9.47 Å². The monoisotopic (exact) mass is 183 g/mol. The highest BCUT2D eigenvalue weighted by Crippen LogP contribution is 2.42. The Morgan fingerprint density at radius 2 is 2.46 bits per heavy atom. The highest BCUT2D eigenvalue weighted by atomic mass is 16.6. The highest BCUT2D eigenvalue weighted by Gasteiger charge is 2.58. The fourth-order valence-corrected chi connectivity index (χ4v) is 2.55. The molecule has 3 aliphatic rings. The van der Waals surface area contributed by atoms with Crippen molar-refractivity contribution in [3.8, 4) is 0 Å². The van der Waals surface area contributed by atoms with Gasteiger partial charge in [0.25, 0.3) is 0 Å². The van der Waals surface area contributed by atoms with E-state index in [9.17, 15) is 4.79 Å². The lowest BCUT2D eigenvalue weighted by Crippen LogP contribution is -2.49. The normalized spacial score (nSPS) is 46.8. The van der Waals surface area contributed by atoms with Gasteiger partial charge in [0.1, 0.15) is 12.7 Å². The second-order valence-corrected chi connectivity index (χ2v) is 3.99. The molecule has 4 atom stereocenters. The predicted octanol–water partition coefficient (Wildman–Crippen LogP) is 0.757. The number of amides is 1. The Morgan fingerprint density at radius 1 is 1.62 bits per heavy atom. The average molecular weight is 183 g/mol. The molecule has 0 aromatic heterocycles. The molecule has 0 aliphatic carbocycles. The summed E-state index contributed by atoms with van der Waals surface area (Å²) in [7, 11) is 0. The Morgan fingerprint density at radius 3 is 3.23 bits per heavy atom. The maximum Gasteiger partial charge on any atom is 0.410 e. The standard InChI is InChI=1S/C9H13NO3/c1-2-5-3-7-8(13-7)6-4-12-9(11)10(5)6/h5-8H,2-4H2,1H3/t5-,6-,7+,8-/m1/s1. The minimum Gasteiger partial charge on any atom is -0.447 e. The molecule has 4 nitrogen and oxygen atoms in total. The summed E-state index contributed by atoms with van der Waals surface area (Å²) in [6.45, 7) is 2.63. The molecule has 1 amide bonds. The van der Waals surface area contributed by atoms with Crippen molar-refractivity contribution >= 4 is 6.09 Å². The SMILES string of the molecule is CC[C@@H]1C[C@@H]2O[C@@H]2[C@H]2COC(=O)N12. The van der Waals surface area contributed by atoms with Crippen molar-refractivity contribution in [3.05, 3.63) is 0 Å². The average Bonchev–Trinajstić information content (AvgIpc) is 2.82. The van der Waals surface area contributed by atoms with Gasteiger partial charge in [-0.1, -0.05) is 6.92 Å². The van der Waals surface area contributed by atoms with E-state index >= 15 is 0 Å². The van der Waals surface area contributed by atoms with Crippen LogP contribution in [0, 0.1) is 0 Å². The molecule has 0 bridgehead atoms. The Kier molecular flexibility index (Phi) is 1.39. The van der Waals surface area contributed by atoms with Crippen molar-refractivity contribution in [1.82, 2.24) is 4.90 Å². The molecule has 0 aromatic carbocycles. The molecule has 3 fully saturated rings. The van der Waals surface area contributed by atoms with Crippen molar-refractivity contribution in [3.63, 3.8) is 0 Å². The number of cyclic esters (lactones) is 1. The van der Waals surface area contributed by atoms with Crippen LogP contribution in [0.2, 0.25) is 0 Å². The molecule has 3 saturated heterocycles. The minimum absolute atomic E-state index is 0.147. The number of rotatable bonds is 1. The van der Waals surface area contributed by atoms with Crippen LogP contribution in [0.1, 0.15) is 19.8 Å². The zero-order chi connectivity index (χ0) is 9.00. The quantitative estimate of drug-likeness (QED) is 0.563. The van der Waals surface area contributed by atoms with Crippen molar-refractivity contribution < 1.29 is 14.3 Å². The van der Waals surface area contributed by atoms with E-state index < -0.39 is 0 Å². The van der Waals surface area contributed by atoms with Gasteiger partial charge in [0.05, 0.1) is 12.1 Å². The summed E-state index contributed by atoms with van der Waals surface area (Å²) in [5.74, 6) is 0. The summed E-state index contributed by atoms with van der Waals surface area (Å²) < 4.78 is 10.5. The van der Waals surface area contributed by atoms with Crippen LogP contribution in [0.5, 0.6) is 0 Å². The molecule has 0 radical (unpaired) electrons. The van der Waals surface area contributed by atoms with Crippen LogP contribution in [-0.4, -0.2) is 41.9 Å². The van der Waals surface area contributed by atoms with Crippen LogP contribution < -0.4 is 0 Å². The van der Waals surface area contributed by atoms with Gasteiger partial charge in [-0.05, 0) is 12.8 Å². The first kappa shape index (κ1) is 7.62. The second-order valence-electron chi connectivity index (χ2n) is 3.99. The van der Waals surface area contributed by atoms with Gasteiger partial charge in [-0.3, -0.25) is 4.90 Å². The summed E-state index contributed by atoms with van der Waals surface area (Å²) in [5.41, 5.74) is 0. The summed E-state index contributed by atoms with van der Waals surface area (Å²) >= 11 is 0. The summed E-state index contributed by atoms with van der Waals surface area (Å²) in [5, 5.41) is 0. The minimum atomic E-state index is -0.147. The molecule has 13 heavy (non-hydrogen) atoms. The van der Waals surface area contributed by atoms with Crippen LogP contribution in [0.4, 0.5) is 4.79 Å². The number of hydrogen-bond donors (Lipinski definition) is 0. The van der Waals surface area contributed by atoms with Crippen molar-refractivity contribution in [2.45, 2.75) is 44.1 Å². The number of carbonyl (C=O) groups excluding carboxylic acids is 1.